The van der Waals surface area contributed by atoms with Crippen molar-refractivity contribution in [3.05, 3.63) is 35.5 Å². The lowest BCUT2D eigenvalue weighted by Gasteiger charge is -2.28. The normalized spacial score (nSPS) is 20.8. The molecule has 2 aromatic rings. The first-order valence-corrected chi connectivity index (χ1v) is 11.5. The second-order valence-electron chi connectivity index (χ2n) is 8.37. The highest BCUT2D eigenvalue weighted by Crippen LogP contribution is 2.30. The molecule has 4 heterocycles. The van der Waals surface area contributed by atoms with Crippen molar-refractivity contribution in [2.75, 3.05) is 36.9 Å². The summed E-state index contributed by atoms with van der Waals surface area (Å²) in [5.41, 5.74) is 1.49. The zero-order chi connectivity index (χ0) is 21.6. The molecular weight excluding hydrogens is 414 g/mol. The lowest BCUT2D eigenvalue weighted by Crippen LogP contribution is -2.37. The Morgan fingerprint density at radius 3 is 2.87 bits per heavy atom. The summed E-state index contributed by atoms with van der Waals surface area (Å²) in [4.78, 5) is 21.6. The van der Waals surface area contributed by atoms with Crippen molar-refractivity contribution in [2.24, 2.45) is 11.8 Å². The van der Waals surface area contributed by atoms with Gasteiger partial charge in [-0.3, -0.25) is 4.79 Å². The van der Waals surface area contributed by atoms with Crippen LogP contribution >= 0.6 is 11.6 Å². The standard InChI is InChI=1S/C23H30ClN5O2/c1-15(16-7-10-31-11-8-16)27-21-6-2-5-20(28-21)18-12-22(26-14-19(18)24)29-23(30)17-4-3-9-25-13-17/h2,5-6,12,14-17,25H,3-4,7-11,13H2,1H3,(H,27,28)(H,26,29,30)/t15-,17-/m1/s1. The molecule has 0 bridgehead atoms. The van der Waals surface area contributed by atoms with E-state index >= 15 is 0 Å². The van der Waals surface area contributed by atoms with E-state index in [9.17, 15) is 4.79 Å². The smallest absolute Gasteiger partial charge is 0.229 e. The maximum absolute atomic E-state index is 12.6. The Hall–Kier alpha value is -2.22. The number of hydrogen-bond acceptors (Lipinski definition) is 6. The first-order valence-electron chi connectivity index (χ1n) is 11.1. The number of aromatic nitrogens is 2. The zero-order valence-electron chi connectivity index (χ0n) is 17.9. The number of halogens is 1. The minimum absolute atomic E-state index is 0.0124. The van der Waals surface area contributed by atoms with Gasteiger partial charge in [0.25, 0.3) is 0 Å². The Morgan fingerprint density at radius 1 is 1.26 bits per heavy atom. The molecule has 0 aromatic carbocycles. The van der Waals surface area contributed by atoms with Gasteiger partial charge >= 0.3 is 0 Å². The Bertz CT molecular complexity index is 897. The van der Waals surface area contributed by atoms with Gasteiger partial charge in [0.1, 0.15) is 11.6 Å². The number of piperidine rings is 1. The summed E-state index contributed by atoms with van der Waals surface area (Å²) in [6, 6.07) is 7.95. The van der Waals surface area contributed by atoms with E-state index in [0.717, 1.165) is 62.5 Å². The molecule has 0 aliphatic carbocycles. The van der Waals surface area contributed by atoms with Crippen LogP contribution in [0.5, 0.6) is 0 Å². The molecule has 7 nitrogen and oxygen atoms in total. The number of nitrogens with zero attached hydrogens (tertiary/aromatic N) is 2. The van der Waals surface area contributed by atoms with E-state index in [0.29, 0.717) is 29.3 Å². The van der Waals surface area contributed by atoms with Crippen LogP contribution in [0, 0.1) is 11.8 Å². The van der Waals surface area contributed by atoms with Crippen LogP contribution < -0.4 is 16.0 Å². The van der Waals surface area contributed by atoms with Crippen molar-refractivity contribution in [2.45, 2.75) is 38.6 Å². The molecule has 4 rings (SSSR count). The molecule has 0 saturated carbocycles. The Balaban J connectivity index is 1.47. The predicted molar refractivity (Wildman–Crippen MR) is 123 cm³/mol. The molecule has 0 unspecified atom stereocenters. The van der Waals surface area contributed by atoms with Crippen molar-refractivity contribution in [3.8, 4) is 11.3 Å². The van der Waals surface area contributed by atoms with Crippen LogP contribution in [-0.4, -0.2) is 48.2 Å². The van der Waals surface area contributed by atoms with Crippen LogP contribution in [-0.2, 0) is 9.53 Å². The average molecular weight is 444 g/mol. The summed E-state index contributed by atoms with van der Waals surface area (Å²) in [5, 5.41) is 10.2. The van der Waals surface area contributed by atoms with Gasteiger partial charge in [0.05, 0.1) is 16.6 Å². The molecule has 0 spiro atoms. The topological polar surface area (TPSA) is 88.2 Å². The van der Waals surface area contributed by atoms with Gasteiger partial charge < -0.3 is 20.7 Å². The third-order valence-electron chi connectivity index (χ3n) is 6.15. The number of rotatable bonds is 6. The molecule has 8 heteroatoms. The van der Waals surface area contributed by atoms with Gasteiger partial charge in [-0.2, -0.15) is 0 Å². The predicted octanol–water partition coefficient (Wildman–Crippen LogP) is 3.96. The van der Waals surface area contributed by atoms with E-state index in [-0.39, 0.29) is 11.8 Å². The zero-order valence-corrected chi connectivity index (χ0v) is 18.6. The van der Waals surface area contributed by atoms with E-state index in [4.69, 9.17) is 21.3 Å². The number of nitrogens with one attached hydrogen (secondary N) is 3. The van der Waals surface area contributed by atoms with E-state index in [1.807, 2.05) is 18.2 Å². The molecule has 2 fully saturated rings. The highest BCUT2D eigenvalue weighted by Gasteiger charge is 2.22. The van der Waals surface area contributed by atoms with Gasteiger partial charge in [0.15, 0.2) is 0 Å². The molecule has 0 radical (unpaired) electrons. The monoisotopic (exact) mass is 443 g/mol. The summed E-state index contributed by atoms with van der Waals surface area (Å²) in [7, 11) is 0. The SMILES string of the molecule is C[C@@H](Nc1cccc(-c2cc(NC(=O)[C@@H]3CCCNC3)ncc2Cl)n1)C1CCOCC1. The minimum Gasteiger partial charge on any atom is -0.381 e. The van der Waals surface area contributed by atoms with Crippen LogP contribution in [0.15, 0.2) is 30.5 Å². The highest BCUT2D eigenvalue weighted by molar-refractivity contribution is 6.33. The number of pyridine rings is 2. The fraction of sp³-hybridized carbons (Fsp3) is 0.522. The first kappa shape index (κ1) is 22.0. The number of anilines is 2. The second kappa shape index (κ2) is 10.4. The van der Waals surface area contributed by atoms with Gasteiger partial charge in [-0.1, -0.05) is 17.7 Å². The van der Waals surface area contributed by atoms with Gasteiger partial charge in [-0.25, -0.2) is 9.97 Å². The molecule has 2 atom stereocenters. The molecule has 3 N–H and O–H groups in total. The van der Waals surface area contributed by atoms with E-state index < -0.39 is 0 Å². The fourth-order valence-corrected chi connectivity index (χ4v) is 4.44. The van der Waals surface area contributed by atoms with Crippen molar-refractivity contribution in [1.82, 2.24) is 15.3 Å². The maximum Gasteiger partial charge on any atom is 0.229 e. The number of hydrogen-bond donors (Lipinski definition) is 3. The Labute approximate surface area is 188 Å². The number of amides is 1. The van der Waals surface area contributed by atoms with Crippen molar-refractivity contribution >= 4 is 29.1 Å². The van der Waals surface area contributed by atoms with E-state index in [2.05, 4.69) is 27.9 Å². The van der Waals surface area contributed by atoms with Gasteiger partial charge in [-0.05, 0) is 63.3 Å². The van der Waals surface area contributed by atoms with Crippen molar-refractivity contribution < 1.29 is 9.53 Å². The fourth-order valence-electron chi connectivity index (χ4n) is 4.24. The third-order valence-corrected chi connectivity index (χ3v) is 6.45. The Kier molecular flexibility index (Phi) is 7.37. The summed E-state index contributed by atoms with van der Waals surface area (Å²) < 4.78 is 5.47. The second-order valence-corrected chi connectivity index (χ2v) is 8.78. The molecule has 2 aliphatic rings. The number of ether oxygens (including phenoxy) is 1. The number of carbonyl (C=O) groups excluding carboxylic acids is 1. The van der Waals surface area contributed by atoms with Crippen LogP contribution in [0.2, 0.25) is 5.02 Å². The summed E-state index contributed by atoms with van der Waals surface area (Å²) in [5.74, 6) is 1.82. The third kappa shape index (κ3) is 5.73. The molecule has 2 saturated heterocycles. The van der Waals surface area contributed by atoms with Crippen molar-refractivity contribution in [1.29, 1.82) is 0 Å². The maximum atomic E-state index is 12.6. The minimum atomic E-state index is -0.0352. The quantitative estimate of drug-likeness (QED) is 0.626. The van der Waals surface area contributed by atoms with Crippen molar-refractivity contribution in [3.63, 3.8) is 0 Å². The molecular formula is C23H30ClN5O2. The number of carbonyl (C=O) groups is 1. The van der Waals surface area contributed by atoms with Gasteiger partial charge in [0, 0.05) is 37.6 Å². The lowest BCUT2D eigenvalue weighted by atomic mass is 9.93. The summed E-state index contributed by atoms with van der Waals surface area (Å²) >= 11 is 6.44. The van der Waals surface area contributed by atoms with Gasteiger partial charge in [-0.15, -0.1) is 0 Å². The molecule has 31 heavy (non-hydrogen) atoms. The molecule has 1 amide bonds. The Morgan fingerprint density at radius 2 is 2.10 bits per heavy atom. The first-order chi connectivity index (χ1) is 15.1. The average Bonchev–Trinajstić information content (AvgIpc) is 2.81. The summed E-state index contributed by atoms with van der Waals surface area (Å²) in [6.07, 6.45) is 5.58. The largest absolute Gasteiger partial charge is 0.381 e. The summed E-state index contributed by atoms with van der Waals surface area (Å²) in [6.45, 7) is 5.51. The lowest BCUT2D eigenvalue weighted by molar-refractivity contribution is -0.120. The van der Waals surface area contributed by atoms with Crippen LogP contribution in [0.25, 0.3) is 11.3 Å². The highest BCUT2D eigenvalue weighted by atomic mass is 35.5. The molecule has 166 valence electrons. The molecule has 2 aliphatic heterocycles. The van der Waals surface area contributed by atoms with E-state index in [1.54, 1.807) is 12.3 Å². The van der Waals surface area contributed by atoms with Crippen LogP contribution in [0.4, 0.5) is 11.6 Å². The van der Waals surface area contributed by atoms with E-state index in [1.165, 1.54) is 0 Å². The van der Waals surface area contributed by atoms with Gasteiger partial charge in [0.2, 0.25) is 5.91 Å². The van der Waals surface area contributed by atoms with Crippen LogP contribution in [0.1, 0.15) is 32.6 Å². The van der Waals surface area contributed by atoms with Crippen LogP contribution in [0.3, 0.4) is 0 Å². The molecule has 2 aromatic heterocycles.